The van der Waals surface area contributed by atoms with Crippen molar-refractivity contribution in [2.24, 2.45) is 0 Å². The Morgan fingerprint density at radius 3 is 2.47 bits per heavy atom. The predicted molar refractivity (Wildman–Crippen MR) is 82.9 cm³/mol. The first-order valence-corrected chi connectivity index (χ1v) is 7.99. The highest BCUT2D eigenvalue weighted by Gasteiger charge is 2.15. The van der Waals surface area contributed by atoms with E-state index in [2.05, 4.69) is 57.8 Å². The van der Waals surface area contributed by atoms with Gasteiger partial charge in [-0.1, -0.05) is 52.9 Å². The third kappa shape index (κ3) is 4.96. The summed E-state index contributed by atoms with van der Waals surface area (Å²) in [4.78, 5) is 2.64. The number of halogens is 1. The number of hydrogen-bond acceptors (Lipinski definition) is 1. The van der Waals surface area contributed by atoms with Crippen molar-refractivity contribution in [2.75, 3.05) is 19.6 Å². The van der Waals surface area contributed by atoms with E-state index in [1.807, 2.05) is 0 Å². The number of unbranched alkanes of at least 4 members (excludes halogenated alkanes) is 1. The number of nitrogens with zero attached hydrogens (tertiary/aromatic N) is 1. The van der Waals surface area contributed by atoms with Crippen LogP contribution in [0.3, 0.4) is 0 Å². The van der Waals surface area contributed by atoms with E-state index in [0.29, 0.717) is 0 Å². The lowest BCUT2D eigenvalue weighted by Crippen LogP contribution is -2.34. The predicted octanol–water partition coefficient (Wildman–Crippen LogP) is 3.91. The summed E-state index contributed by atoms with van der Waals surface area (Å²) in [6.45, 7) is 3.94. The molecular formula is C15H22IN. The van der Waals surface area contributed by atoms with Crippen LogP contribution in [-0.2, 0) is 6.42 Å². The maximum atomic E-state index is 2.64. The molecule has 17 heavy (non-hydrogen) atoms. The van der Waals surface area contributed by atoms with Gasteiger partial charge >= 0.3 is 0 Å². The van der Waals surface area contributed by atoms with Crippen LogP contribution < -0.4 is 0 Å². The van der Waals surface area contributed by atoms with Crippen molar-refractivity contribution in [2.45, 2.75) is 36.0 Å². The SMILES string of the molecule is IC1CCN(CCCCc2ccccc2)CC1. The van der Waals surface area contributed by atoms with Crippen LogP contribution in [-0.4, -0.2) is 28.5 Å². The van der Waals surface area contributed by atoms with Crippen LogP contribution in [0.5, 0.6) is 0 Å². The molecule has 1 heterocycles. The molecule has 0 N–H and O–H groups in total. The summed E-state index contributed by atoms with van der Waals surface area (Å²) in [7, 11) is 0. The second kappa shape index (κ2) is 7.37. The molecule has 1 aromatic carbocycles. The molecular weight excluding hydrogens is 321 g/mol. The number of piperidine rings is 1. The van der Waals surface area contributed by atoms with E-state index >= 15 is 0 Å². The average Bonchev–Trinajstić information content (AvgIpc) is 2.38. The minimum atomic E-state index is 0.924. The Kier molecular flexibility index (Phi) is 5.78. The van der Waals surface area contributed by atoms with E-state index < -0.39 is 0 Å². The quantitative estimate of drug-likeness (QED) is 0.445. The van der Waals surface area contributed by atoms with Crippen LogP contribution in [0.1, 0.15) is 31.2 Å². The van der Waals surface area contributed by atoms with Gasteiger partial charge in [0.15, 0.2) is 0 Å². The van der Waals surface area contributed by atoms with Crippen molar-refractivity contribution < 1.29 is 0 Å². The smallest absolute Gasteiger partial charge is 0.0134 e. The van der Waals surface area contributed by atoms with Gasteiger partial charge in [0.05, 0.1) is 0 Å². The molecule has 94 valence electrons. The normalized spacial score (nSPS) is 18.4. The Morgan fingerprint density at radius 1 is 1.06 bits per heavy atom. The lowest BCUT2D eigenvalue weighted by atomic mass is 10.1. The van der Waals surface area contributed by atoms with Crippen LogP contribution in [0.15, 0.2) is 30.3 Å². The van der Waals surface area contributed by atoms with Crippen molar-refractivity contribution in [3.63, 3.8) is 0 Å². The fraction of sp³-hybridized carbons (Fsp3) is 0.600. The zero-order valence-electron chi connectivity index (χ0n) is 10.4. The first-order valence-electron chi connectivity index (χ1n) is 6.75. The van der Waals surface area contributed by atoms with E-state index in [0.717, 1.165) is 3.92 Å². The largest absolute Gasteiger partial charge is 0.303 e. The number of rotatable bonds is 5. The average molecular weight is 343 g/mol. The molecule has 0 unspecified atom stereocenters. The van der Waals surface area contributed by atoms with Crippen molar-refractivity contribution in [1.82, 2.24) is 4.90 Å². The maximum absolute atomic E-state index is 2.64. The Morgan fingerprint density at radius 2 is 1.76 bits per heavy atom. The van der Waals surface area contributed by atoms with E-state index in [4.69, 9.17) is 0 Å². The lowest BCUT2D eigenvalue weighted by molar-refractivity contribution is 0.232. The first-order chi connectivity index (χ1) is 8.34. The minimum Gasteiger partial charge on any atom is -0.303 e. The van der Waals surface area contributed by atoms with E-state index in [9.17, 15) is 0 Å². The molecule has 0 atom stereocenters. The van der Waals surface area contributed by atoms with Crippen LogP contribution in [0.2, 0.25) is 0 Å². The van der Waals surface area contributed by atoms with Crippen LogP contribution >= 0.6 is 22.6 Å². The molecule has 1 aliphatic rings. The Balaban J connectivity index is 1.57. The highest BCUT2D eigenvalue weighted by molar-refractivity contribution is 14.1. The first kappa shape index (κ1) is 13.3. The molecule has 0 saturated carbocycles. The Hall–Kier alpha value is -0.0900. The van der Waals surface area contributed by atoms with Crippen LogP contribution in [0.4, 0.5) is 0 Å². The van der Waals surface area contributed by atoms with Crippen molar-refractivity contribution in [3.8, 4) is 0 Å². The van der Waals surface area contributed by atoms with Crippen molar-refractivity contribution in [1.29, 1.82) is 0 Å². The molecule has 1 saturated heterocycles. The molecule has 0 radical (unpaired) electrons. The fourth-order valence-corrected chi connectivity index (χ4v) is 2.99. The number of alkyl halides is 1. The highest BCUT2D eigenvalue weighted by atomic mass is 127. The molecule has 0 bridgehead atoms. The third-order valence-corrected chi connectivity index (χ3v) is 4.80. The van der Waals surface area contributed by atoms with Gasteiger partial charge in [0.1, 0.15) is 0 Å². The van der Waals surface area contributed by atoms with Gasteiger partial charge in [-0.2, -0.15) is 0 Å². The maximum Gasteiger partial charge on any atom is 0.0134 e. The van der Waals surface area contributed by atoms with E-state index in [1.165, 1.54) is 57.3 Å². The van der Waals surface area contributed by atoms with Gasteiger partial charge in [0, 0.05) is 3.92 Å². The molecule has 1 aliphatic heterocycles. The molecule has 0 amide bonds. The molecule has 0 spiro atoms. The van der Waals surface area contributed by atoms with Gasteiger partial charge in [-0.05, 0) is 57.3 Å². The number of likely N-dealkylation sites (tertiary alicyclic amines) is 1. The molecule has 1 aromatic rings. The molecule has 2 rings (SSSR count). The van der Waals surface area contributed by atoms with Crippen LogP contribution in [0.25, 0.3) is 0 Å². The summed E-state index contributed by atoms with van der Waals surface area (Å²) in [5, 5.41) is 0. The monoisotopic (exact) mass is 343 g/mol. The van der Waals surface area contributed by atoms with Crippen molar-refractivity contribution >= 4 is 22.6 Å². The summed E-state index contributed by atoms with van der Waals surface area (Å²) < 4.78 is 0.924. The highest BCUT2D eigenvalue weighted by Crippen LogP contribution is 2.18. The minimum absolute atomic E-state index is 0.924. The van der Waals surface area contributed by atoms with Gasteiger partial charge in [0.2, 0.25) is 0 Å². The molecule has 0 aliphatic carbocycles. The second-order valence-corrected chi connectivity index (χ2v) is 6.72. The summed E-state index contributed by atoms with van der Waals surface area (Å²) in [6, 6.07) is 10.8. The second-order valence-electron chi connectivity index (χ2n) is 4.96. The fourth-order valence-electron chi connectivity index (χ4n) is 2.43. The standard InChI is InChI=1S/C15H22IN/c16-15-9-12-17(13-10-15)11-5-4-8-14-6-2-1-3-7-14/h1-3,6-7,15H,4-5,8-13H2. The third-order valence-electron chi connectivity index (χ3n) is 3.55. The molecule has 2 heteroatoms. The molecule has 0 aromatic heterocycles. The lowest BCUT2D eigenvalue weighted by Gasteiger charge is -2.29. The summed E-state index contributed by atoms with van der Waals surface area (Å²) in [6.07, 6.45) is 6.69. The van der Waals surface area contributed by atoms with Crippen LogP contribution in [0, 0.1) is 0 Å². The van der Waals surface area contributed by atoms with E-state index in [1.54, 1.807) is 0 Å². The van der Waals surface area contributed by atoms with Gasteiger partial charge in [0.25, 0.3) is 0 Å². The van der Waals surface area contributed by atoms with Gasteiger partial charge < -0.3 is 4.90 Å². The number of aryl methyl sites for hydroxylation is 1. The zero-order chi connectivity index (χ0) is 11.9. The molecule has 1 fully saturated rings. The number of benzene rings is 1. The van der Waals surface area contributed by atoms with Gasteiger partial charge in [-0.15, -0.1) is 0 Å². The Bertz CT molecular complexity index is 304. The summed E-state index contributed by atoms with van der Waals surface area (Å²) >= 11 is 2.59. The number of hydrogen-bond donors (Lipinski definition) is 0. The topological polar surface area (TPSA) is 3.24 Å². The van der Waals surface area contributed by atoms with Crippen molar-refractivity contribution in [3.05, 3.63) is 35.9 Å². The van der Waals surface area contributed by atoms with Gasteiger partial charge in [-0.3, -0.25) is 0 Å². The molecule has 1 nitrogen and oxygen atoms in total. The van der Waals surface area contributed by atoms with Gasteiger partial charge in [-0.25, -0.2) is 0 Å². The summed E-state index contributed by atoms with van der Waals surface area (Å²) in [5.41, 5.74) is 1.48. The van der Waals surface area contributed by atoms with E-state index in [-0.39, 0.29) is 0 Å². The zero-order valence-corrected chi connectivity index (χ0v) is 12.6. The summed E-state index contributed by atoms with van der Waals surface area (Å²) in [5.74, 6) is 0. The Labute approximate surface area is 119 Å².